The number of benzene rings is 1. The van der Waals surface area contributed by atoms with Gasteiger partial charge in [-0.1, -0.05) is 17.3 Å². The number of aryl methyl sites for hydroxylation is 2. The van der Waals surface area contributed by atoms with Crippen molar-refractivity contribution in [3.05, 3.63) is 32.5 Å². The monoisotopic (exact) mass is 387 g/mol. The third kappa shape index (κ3) is 3.23. The van der Waals surface area contributed by atoms with Crippen LogP contribution in [0.4, 0.5) is 0 Å². The quantitative estimate of drug-likeness (QED) is 0.645. The number of amides is 1. The van der Waals surface area contributed by atoms with Crippen LogP contribution >= 0.6 is 22.7 Å². The molecule has 2 aromatic heterocycles. The van der Waals surface area contributed by atoms with Gasteiger partial charge in [0.15, 0.2) is 16.3 Å². The van der Waals surface area contributed by atoms with Crippen LogP contribution in [0.5, 0.6) is 11.5 Å². The number of rotatable bonds is 4. The fourth-order valence-corrected chi connectivity index (χ4v) is 4.44. The lowest BCUT2D eigenvalue weighted by Crippen LogP contribution is -2.16. The highest BCUT2D eigenvalue weighted by Gasteiger charge is 2.16. The maximum atomic E-state index is 12.6. The van der Waals surface area contributed by atoms with Crippen LogP contribution in [0.2, 0.25) is 0 Å². The lowest BCUT2D eigenvalue weighted by atomic mass is 10.3. The van der Waals surface area contributed by atoms with Crippen LogP contribution in [0.1, 0.15) is 20.4 Å². The highest BCUT2D eigenvalue weighted by atomic mass is 32.1. The summed E-state index contributed by atoms with van der Waals surface area (Å²) in [5.74, 6) is 3.50. The van der Waals surface area contributed by atoms with Crippen molar-refractivity contribution >= 4 is 38.8 Å². The highest BCUT2D eigenvalue weighted by molar-refractivity contribution is 7.16. The summed E-state index contributed by atoms with van der Waals surface area (Å²) in [5.41, 5.74) is 1.53. The second kappa shape index (κ2) is 7.32. The van der Waals surface area contributed by atoms with Crippen molar-refractivity contribution in [1.29, 1.82) is 0 Å². The minimum atomic E-state index is -0.315. The number of hydrogen-bond acceptors (Lipinski definition) is 6. The average molecular weight is 387 g/mol. The van der Waals surface area contributed by atoms with E-state index in [1.54, 1.807) is 14.2 Å². The van der Waals surface area contributed by atoms with Crippen molar-refractivity contribution in [2.45, 2.75) is 20.4 Å². The molecule has 3 aromatic rings. The minimum absolute atomic E-state index is 0.294. The molecular formula is C18H17N3O3S2. The summed E-state index contributed by atoms with van der Waals surface area (Å²) in [5, 5.41) is 0.836. The Morgan fingerprint density at radius 2 is 1.96 bits per heavy atom. The van der Waals surface area contributed by atoms with Gasteiger partial charge in [-0.3, -0.25) is 4.79 Å². The molecule has 3 rings (SSSR count). The molecule has 0 radical (unpaired) electrons. The minimum Gasteiger partial charge on any atom is -0.493 e. The summed E-state index contributed by atoms with van der Waals surface area (Å²) in [7, 11) is 3.15. The molecule has 0 saturated heterocycles. The van der Waals surface area contributed by atoms with Gasteiger partial charge in [0.05, 0.1) is 41.7 Å². The van der Waals surface area contributed by atoms with Gasteiger partial charge < -0.3 is 14.0 Å². The van der Waals surface area contributed by atoms with Crippen LogP contribution in [-0.4, -0.2) is 29.7 Å². The van der Waals surface area contributed by atoms with Crippen molar-refractivity contribution in [1.82, 2.24) is 9.55 Å². The molecule has 26 heavy (non-hydrogen) atoms. The van der Waals surface area contributed by atoms with E-state index in [0.717, 1.165) is 15.2 Å². The van der Waals surface area contributed by atoms with Crippen LogP contribution in [-0.2, 0) is 6.54 Å². The van der Waals surface area contributed by atoms with Gasteiger partial charge in [0.1, 0.15) is 4.88 Å². The van der Waals surface area contributed by atoms with E-state index in [-0.39, 0.29) is 5.91 Å². The number of methoxy groups -OCH3 is 2. The van der Waals surface area contributed by atoms with Crippen molar-refractivity contribution in [3.8, 4) is 23.8 Å². The summed E-state index contributed by atoms with van der Waals surface area (Å²) in [6.07, 6.45) is 5.52. The molecule has 0 saturated carbocycles. The molecular weight excluding hydrogens is 370 g/mol. The number of aromatic nitrogens is 2. The molecule has 1 aromatic carbocycles. The predicted octanol–water partition coefficient (Wildman–Crippen LogP) is 3.17. The number of carbonyl (C=O) groups excluding carboxylic acids is 1. The molecule has 6 nitrogen and oxygen atoms in total. The molecule has 1 amide bonds. The first-order chi connectivity index (χ1) is 12.5. The van der Waals surface area contributed by atoms with Gasteiger partial charge in [0, 0.05) is 12.1 Å². The molecule has 134 valence electrons. The Morgan fingerprint density at radius 3 is 2.54 bits per heavy atom. The molecule has 8 heteroatoms. The van der Waals surface area contributed by atoms with Gasteiger partial charge in [-0.2, -0.15) is 4.99 Å². The summed E-state index contributed by atoms with van der Waals surface area (Å²) in [6, 6.07) is 3.70. The molecule has 0 aliphatic rings. The Hall–Kier alpha value is -2.63. The molecule has 0 aliphatic carbocycles. The number of thiazole rings is 2. The van der Waals surface area contributed by atoms with Gasteiger partial charge >= 0.3 is 0 Å². The van der Waals surface area contributed by atoms with Crippen molar-refractivity contribution in [2.24, 2.45) is 4.99 Å². The number of ether oxygens (including phenoxy) is 2. The summed E-state index contributed by atoms with van der Waals surface area (Å²) < 4.78 is 13.4. The lowest BCUT2D eigenvalue weighted by Gasteiger charge is -2.08. The first kappa shape index (κ1) is 18.2. The summed E-state index contributed by atoms with van der Waals surface area (Å²) >= 11 is 2.72. The first-order valence-corrected chi connectivity index (χ1v) is 9.33. The van der Waals surface area contributed by atoms with Crippen LogP contribution in [0.25, 0.3) is 10.2 Å². The van der Waals surface area contributed by atoms with Gasteiger partial charge in [-0.25, -0.2) is 4.98 Å². The average Bonchev–Trinajstić information content (AvgIpc) is 3.13. The Bertz CT molecular complexity index is 1100. The topological polar surface area (TPSA) is 65.7 Å². The molecule has 0 spiro atoms. The summed E-state index contributed by atoms with van der Waals surface area (Å²) in [4.78, 5) is 22.3. The van der Waals surface area contributed by atoms with E-state index < -0.39 is 0 Å². The molecule has 0 atom stereocenters. The molecule has 0 aliphatic heterocycles. The van der Waals surface area contributed by atoms with E-state index in [2.05, 4.69) is 15.9 Å². The van der Waals surface area contributed by atoms with Gasteiger partial charge in [0.2, 0.25) is 0 Å². The first-order valence-electron chi connectivity index (χ1n) is 7.70. The van der Waals surface area contributed by atoms with E-state index in [0.29, 0.717) is 33.4 Å². The second-order valence-corrected chi connectivity index (χ2v) is 7.63. The zero-order chi connectivity index (χ0) is 18.8. The SMILES string of the molecule is C#CCn1c(=NC(=O)c2sc(C)nc2C)sc2cc(OC)c(OC)cc21. The number of hydrogen-bond donors (Lipinski definition) is 0. The van der Waals surface area contributed by atoms with Gasteiger partial charge in [0.25, 0.3) is 5.91 Å². The molecule has 0 bridgehead atoms. The molecule has 0 fully saturated rings. The van der Waals surface area contributed by atoms with Crippen molar-refractivity contribution < 1.29 is 14.3 Å². The normalized spacial score (nSPS) is 11.6. The van der Waals surface area contributed by atoms with E-state index in [1.807, 2.05) is 30.5 Å². The maximum absolute atomic E-state index is 12.6. The second-order valence-electron chi connectivity index (χ2n) is 5.41. The molecule has 0 unspecified atom stereocenters. The fraction of sp³-hybridized carbons (Fsp3) is 0.278. The largest absolute Gasteiger partial charge is 0.493 e. The van der Waals surface area contributed by atoms with E-state index in [9.17, 15) is 4.79 Å². The van der Waals surface area contributed by atoms with Gasteiger partial charge in [-0.15, -0.1) is 17.8 Å². The Balaban J connectivity index is 2.21. The van der Waals surface area contributed by atoms with Crippen LogP contribution in [0, 0.1) is 26.2 Å². The van der Waals surface area contributed by atoms with E-state index in [4.69, 9.17) is 15.9 Å². The van der Waals surface area contributed by atoms with Crippen LogP contribution in [0.15, 0.2) is 17.1 Å². The highest BCUT2D eigenvalue weighted by Crippen LogP contribution is 2.33. The molecule has 0 N–H and O–H groups in total. The Kier molecular flexibility index (Phi) is 5.11. The standard InChI is InChI=1S/C18H17N3O3S2/c1-6-7-21-12-8-13(23-4)14(24-5)9-15(12)26-18(21)20-17(22)16-10(2)19-11(3)25-16/h1,8-9H,7H2,2-5H3. The predicted molar refractivity (Wildman–Crippen MR) is 103 cm³/mol. The lowest BCUT2D eigenvalue weighted by molar-refractivity contribution is 0.100. The fourth-order valence-electron chi connectivity index (χ4n) is 2.59. The Labute approximate surface area is 158 Å². The van der Waals surface area contributed by atoms with Crippen molar-refractivity contribution in [2.75, 3.05) is 14.2 Å². The number of carbonyl (C=O) groups is 1. The zero-order valence-electron chi connectivity index (χ0n) is 14.8. The third-order valence-corrected chi connectivity index (χ3v) is 5.83. The van der Waals surface area contributed by atoms with E-state index >= 15 is 0 Å². The van der Waals surface area contributed by atoms with Crippen molar-refractivity contribution in [3.63, 3.8) is 0 Å². The number of fused-ring (bicyclic) bond motifs is 1. The zero-order valence-corrected chi connectivity index (χ0v) is 16.5. The third-order valence-electron chi connectivity index (χ3n) is 3.73. The van der Waals surface area contributed by atoms with Crippen LogP contribution < -0.4 is 14.3 Å². The summed E-state index contributed by atoms with van der Waals surface area (Å²) in [6.45, 7) is 3.97. The maximum Gasteiger partial charge on any atom is 0.291 e. The number of nitrogens with zero attached hydrogens (tertiary/aromatic N) is 3. The van der Waals surface area contributed by atoms with Crippen LogP contribution in [0.3, 0.4) is 0 Å². The Morgan fingerprint density at radius 1 is 1.27 bits per heavy atom. The molecule has 2 heterocycles. The van der Waals surface area contributed by atoms with Gasteiger partial charge in [-0.05, 0) is 13.8 Å². The smallest absolute Gasteiger partial charge is 0.291 e. The number of terminal acetylenes is 1. The van der Waals surface area contributed by atoms with E-state index in [1.165, 1.54) is 22.7 Å².